The summed E-state index contributed by atoms with van der Waals surface area (Å²) in [5.74, 6) is 1.01. The smallest absolute Gasteiger partial charge is 0.147 e. The Morgan fingerprint density at radius 3 is 2.88 bits per heavy atom. The second-order valence-electron chi connectivity index (χ2n) is 5.10. The molecule has 0 spiro atoms. The summed E-state index contributed by atoms with van der Waals surface area (Å²) >= 11 is 0. The molecule has 2 rings (SSSR count). The van der Waals surface area contributed by atoms with Crippen LogP contribution in [0.25, 0.3) is 0 Å². The Balaban J connectivity index is 2.17. The van der Waals surface area contributed by atoms with E-state index in [0.29, 0.717) is 6.04 Å². The van der Waals surface area contributed by atoms with Crippen LogP contribution < -0.4 is 10.6 Å². The molecule has 17 heavy (non-hydrogen) atoms. The third-order valence-electron chi connectivity index (χ3n) is 3.49. The Morgan fingerprint density at radius 2 is 2.24 bits per heavy atom. The van der Waals surface area contributed by atoms with Gasteiger partial charge < -0.3 is 10.6 Å². The third kappa shape index (κ3) is 2.75. The topological polar surface area (TPSA) is 55.0 Å². The van der Waals surface area contributed by atoms with E-state index in [4.69, 9.17) is 5.73 Å². The summed E-state index contributed by atoms with van der Waals surface area (Å²) in [6, 6.07) is 0.784. The maximum atomic E-state index is 5.90. The van der Waals surface area contributed by atoms with Gasteiger partial charge in [-0.05, 0) is 40.0 Å². The summed E-state index contributed by atoms with van der Waals surface area (Å²) in [5.41, 5.74) is 7.94. The van der Waals surface area contributed by atoms with Crippen molar-refractivity contribution >= 4 is 5.82 Å². The third-order valence-corrected chi connectivity index (χ3v) is 3.49. The molecule has 0 amide bonds. The zero-order valence-electron chi connectivity index (χ0n) is 11.0. The molecule has 2 N–H and O–H groups in total. The fraction of sp³-hybridized carbons (Fsp3) is 0.692. The van der Waals surface area contributed by atoms with Gasteiger partial charge in [0.25, 0.3) is 0 Å². The number of nitrogens with zero attached hydrogens (tertiary/aromatic N) is 3. The number of aromatic nitrogens is 2. The van der Waals surface area contributed by atoms with E-state index < -0.39 is 0 Å². The van der Waals surface area contributed by atoms with E-state index in [2.05, 4.69) is 21.8 Å². The molecule has 1 aromatic heterocycles. The monoisotopic (exact) mass is 234 g/mol. The number of aryl methyl sites for hydroxylation is 2. The van der Waals surface area contributed by atoms with Crippen LogP contribution in [-0.2, 0) is 0 Å². The van der Waals surface area contributed by atoms with E-state index in [0.717, 1.165) is 30.2 Å². The molecule has 0 bridgehead atoms. The molecular formula is C13H22N4. The minimum atomic E-state index is 0.250. The average Bonchev–Trinajstić information content (AvgIpc) is 2.69. The highest BCUT2D eigenvalue weighted by Gasteiger charge is 2.26. The first-order valence-corrected chi connectivity index (χ1v) is 6.40. The van der Waals surface area contributed by atoms with Gasteiger partial charge in [-0.15, -0.1) is 0 Å². The molecule has 0 radical (unpaired) electrons. The molecule has 0 aromatic carbocycles. The molecule has 2 atom stereocenters. The van der Waals surface area contributed by atoms with Crippen molar-refractivity contribution in [2.75, 3.05) is 11.4 Å². The van der Waals surface area contributed by atoms with Crippen molar-refractivity contribution in [3.05, 3.63) is 17.6 Å². The van der Waals surface area contributed by atoms with E-state index in [1.165, 1.54) is 12.8 Å². The van der Waals surface area contributed by atoms with Crippen molar-refractivity contribution in [1.29, 1.82) is 0 Å². The SMILES string of the molecule is Cc1ncc(N2CCCC2CC(C)N)nc1C. The van der Waals surface area contributed by atoms with Gasteiger partial charge in [-0.3, -0.25) is 4.98 Å². The Bertz CT molecular complexity index is 389. The number of rotatable bonds is 3. The highest BCUT2D eigenvalue weighted by Crippen LogP contribution is 2.26. The second kappa shape index (κ2) is 5.00. The molecule has 2 heterocycles. The van der Waals surface area contributed by atoms with E-state index in [-0.39, 0.29) is 6.04 Å². The molecule has 2 unspecified atom stereocenters. The average molecular weight is 234 g/mol. The maximum absolute atomic E-state index is 5.90. The Labute approximate surface area is 103 Å². The lowest BCUT2D eigenvalue weighted by Gasteiger charge is -2.27. The van der Waals surface area contributed by atoms with Crippen LogP contribution in [0.2, 0.25) is 0 Å². The normalized spacial score (nSPS) is 21.9. The first-order valence-electron chi connectivity index (χ1n) is 6.40. The van der Waals surface area contributed by atoms with Crippen molar-refractivity contribution in [2.45, 2.75) is 52.1 Å². The molecule has 1 aliphatic heterocycles. The maximum Gasteiger partial charge on any atom is 0.147 e. The fourth-order valence-electron chi connectivity index (χ4n) is 2.48. The molecule has 94 valence electrons. The largest absolute Gasteiger partial charge is 0.352 e. The van der Waals surface area contributed by atoms with Gasteiger partial charge in [0.05, 0.1) is 17.6 Å². The van der Waals surface area contributed by atoms with E-state index in [1.807, 2.05) is 20.0 Å². The zero-order valence-corrected chi connectivity index (χ0v) is 11.0. The van der Waals surface area contributed by atoms with Crippen LogP contribution in [0.15, 0.2) is 6.20 Å². The molecular weight excluding hydrogens is 212 g/mol. The summed E-state index contributed by atoms with van der Waals surface area (Å²) in [6.07, 6.45) is 5.37. The van der Waals surface area contributed by atoms with Crippen molar-refractivity contribution in [3.63, 3.8) is 0 Å². The molecule has 4 nitrogen and oxygen atoms in total. The minimum absolute atomic E-state index is 0.250. The van der Waals surface area contributed by atoms with Crippen LogP contribution in [0, 0.1) is 13.8 Å². The summed E-state index contributed by atoms with van der Waals surface area (Å²) in [5, 5.41) is 0. The van der Waals surface area contributed by atoms with Gasteiger partial charge in [-0.25, -0.2) is 4.98 Å². The molecule has 0 saturated carbocycles. The van der Waals surface area contributed by atoms with Gasteiger partial charge >= 0.3 is 0 Å². The van der Waals surface area contributed by atoms with Gasteiger partial charge in [0.15, 0.2) is 0 Å². The first kappa shape index (κ1) is 12.3. The quantitative estimate of drug-likeness (QED) is 0.866. The van der Waals surface area contributed by atoms with Gasteiger partial charge in [-0.2, -0.15) is 0 Å². The van der Waals surface area contributed by atoms with Gasteiger partial charge in [-0.1, -0.05) is 0 Å². The van der Waals surface area contributed by atoms with Crippen LogP contribution >= 0.6 is 0 Å². The van der Waals surface area contributed by atoms with Crippen molar-refractivity contribution in [1.82, 2.24) is 9.97 Å². The van der Waals surface area contributed by atoms with Crippen LogP contribution in [0.4, 0.5) is 5.82 Å². The Kier molecular flexibility index (Phi) is 3.62. The Hall–Kier alpha value is -1.16. The van der Waals surface area contributed by atoms with Crippen LogP contribution in [0.1, 0.15) is 37.6 Å². The van der Waals surface area contributed by atoms with Gasteiger partial charge in [0.2, 0.25) is 0 Å². The highest BCUT2D eigenvalue weighted by atomic mass is 15.2. The zero-order chi connectivity index (χ0) is 12.4. The lowest BCUT2D eigenvalue weighted by Crippen LogP contribution is -2.35. The molecule has 1 saturated heterocycles. The summed E-state index contributed by atoms with van der Waals surface area (Å²) in [6.45, 7) is 7.16. The molecule has 0 aliphatic carbocycles. The van der Waals surface area contributed by atoms with Crippen molar-refractivity contribution in [3.8, 4) is 0 Å². The fourth-order valence-corrected chi connectivity index (χ4v) is 2.48. The lowest BCUT2D eigenvalue weighted by atomic mass is 10.1. The van der Waals surface area contributed by atoms with E-state index in [1.54, 1.807) is 0 Å². The molecule has 1 fully saturated rings. The summed E-state index contributed by atoms with van der Waals surface area (Å²) < 4.78 is 0. The summed E-state index contributed by atoms with van der Waals surface area (Å²) in [4.78, 5) is 11.4. The highest BCUT2D eigenvalue weighted by molar-refractivity contribution is 5.40. The summed E-state index contributed by atoms with van der Waals surface area (Å²) in [7, 11) is 0. The molecule has 1 aromatic rings. The standard InChI is InChI=1S/C13H22N4/c1-9(14)7-12-5-4-6-17(12)13-8-15-10(2)11(3)16-13/h8-9,12H,4-7,14H2,1-3H3. The van der Waals surface area contributed by atoms with E-state index in [9.17, 15) is 0 Å². The number of anilines is 1. The number of hydrogen-bond donors (Lipinski definition) is 1. The predicted octanol–water partition coefficient (Wildman–Crippen LogP) is 1.80. The first-order chi connectivity index (χ1) is 8.08. The van der Waals surface area contributed by atoms with Gasteiger partial charge in [0, 0.05) is 18.6 Å². The van der Waals surface area contributed by atoms with Crippen molar-refractivity contribution < 1.29 is 0 Å². The number of hydrogen-bond acceptors (Lipinski definition) is 4. The van der Waals surface area contributed by atoms with Gasteiger partial charge in [0.1, 0.15) is 5.82 Å². The molecule has 1 aliphatic rings. The Morgan fingerprint density at radius 1 is 1.47 bits per heavy atom. The van der Waals surface area contributed by atoms with Crippen molar-refractivity contribution in [2.24, 2.45) is 5.73 Å². The second-order valence-corrected chi connectivity index (χ2v) is 5.10. The lowest BCUT2D eigenvalue weighted by molar-refractivity contribution is 0.542. The predicted molar refractivity (Wildman–Crippen MR) is 70.1 cm³/mol. The van der Waals surface area contributed by atoms with Crippen LogP contribution in [0.3, 0.4) is 0 Å². The minimum Gasteiger partial charge on any atom is -0.352 e. The number of nitrogens with two attached hydrogens (primary N) is 1. The van der Waals surface area contributed by atoms with Crippen LogP contribution in [0.5, 0.6) is 0 Å². The van der Waals surface area contributed by atoms with E-state index >= 15 is 0 Å². The molecule has 4 heteroatoms. The van der Waals surface area contributed by atoms with Crippen LogP contribution in [-0.4, -0.2) is 28.6 Å².